The molecule has 1 amide bonds. The third-order valence-electron chi connectivity index (χ3n) is 3.95. The van der Waals surface area contributed by atoms with E-state index in [2.05, 4.69) is 20.2 Å². The number of amides is 1. The fourth-order valence-corrected chi connectivity index (χ4v) is 2.82. The Bertz CT molecular complexity index is 644. The minimum Gasteiger partial charge on any atom is -0.355 e. The van der Waals surface area contributed by atoms with Crippen LogP contribution in [0.1, 0.15) is 18.4 Å². The maximum absolute atomic E-state index is 12.5. The van der Waals surface area contributed by atoms with E-state index in [-0.39, 0.29) is 11.8 Å². The van der Waals surface area contributed by atoms with Crippen molar-refractivity contribution in [3.05, 3.63) is 48.4 Å². The monoisotopic (exact) mass is 296 g/mol. The third kappa shape index (κ3) is 3.42. The zero-order chi connectivity index (χ0) is 15.4. The van der Waals surface area contributed by atoms with Crippen LogP contribution in [0.25, 0.3) is 0 Å². The molecule has 0 bridgehead atoms. The highest BCUT2D eigenvalue weighted by atomic mass is 16.1. The zero-order valence-corrected chi connectivity index (χ0v) is 12.7. The summed E-state index contributed by atoms with van der Waals surface area (Å²) in [4.78, 5) is 23.0. The lowest BCUT2D eigenvalue weighted by Gasteiger charge is -2.32. The highest BCUT2D eigenvalue weighted by Gasteiger charge is 2.26. The number of aromatic nitrogens is 2. The molecule has 5 heteroatoms. The molecule has 2 aromatic rings. The van der Waals surface area contributed by atoms with Gasteiger partial charge in [0.1, 0.15) is 5.82 Å². The predicted octanol–water partition coefficient (Wildman–Crippen LogP) is 2.64. The van der Waals surface area contributed by atoms with Gasteiger partial charge in [-0.2, -0.15) is 0 Å². The molecule has 114 valence electrons. The predicted molar refractivity (Wildman–Crippen MR) is 86.8 cm³/mol. The lowest BCUT2D eigenvalue weighted by Crippen LogP contribution is -2.41. The summed E-state index contributed by atoms with van der Waals surface area (Å²) in [6, 6.07) is 7.89. The number of hydrogen-bond donors (Lipinski definition) is 1. The average Bonchev–Trinajstić information content (AvgIpc) is 2.56. The molecular weight excluding hydrogens is 276 g/mol. The molecule has 3 rings (SSSR count). The van der Waals surface area contributed by atoms with Crippen molar-refractivity contribution in [2.75, 3.05) is 23.3 Å². The topological polar surface area (TPSA) is 58.1 Å². The van der Waals surface area contributed by atoms with Gasteiger partial charge < -0.3 is 10.2 Å². The van der Waals surface area contributed by atoms with Crippen LogP contribution in [0.5, 0.6) is 0 Å². The maximum Gasteiger partial charge on any atom is 0.229 e. The van der Waals surface area contributed by atoms with Crippen LogP contribution in [0.3, 0.4) is 0 Å². The number of benzene rings is 1. The maximum atomic E-state index is 12.5. The number of nitrogens with one attached hydrogen (secondary N) is 1. The summed E-state index contributed by atoms with van der Waals surface area (Å²) in [7, 11) is 0. The van der Waals surface area contributed by atoms with Crippen molar-refractivity contribution in [1.82, 2.24) is 9.97 Å². The van der Waals surface area contributed by atoms with Gasteiger partial charge in [0, 0.05) is 31.2 Å². The van der Waals surface area contributed by atoms with Gasteiger partial charge >= 0.3 is 0 Å². The average molecular weight is 296 g/mol. The van der Waals surface area contributed by atoms with Crippen LogP contribution in [0.4, 0.5) is 11.5 Å². The molecule has 1 aliphatic heterocycles. The second-order valence-corrected chi connectivity index (χ2v) is 5.71. The highest BCUT2D eigenvalue weighted by Crippen LogP contribution is 2.22. The summed E-state index contributed by atoms with van der Waals surface area (Å²) in [5.74, 6) is 0.908. The Morgan fingerprint density at radius 1 is 1.36 bits per heavy atom. The molecule has 5 nitrogen and oxygen atoms in total. The number of anilines is 2. The first kappa shape index (κ1) is 14.5. The Morgan fingerprint density at radius 2 is 2.27 bits per heavy atom. The van der Waals surface area contributed by atoms with Crippen LogP contribution >= 0.6 is 0 Å². The van der Waals surface area contributed by atoms with Crippen molar-refractivity contribution < 1.29 is 4.79 Å². The van der Waals surface area contributed by atoms with E-state index >= 15 is 0 Å². The number of carbonyl (C=O) groups excluding carboxylic acids is 1. The molecule has 1 aromatic carbocycles. The van der Waals surface area contributed by atoms with Crippen molar-refractivity contribution in [2.45, 2.75) is 19.8 Å². The van der Waals surface area contributed by atoms with E-state index in [1.165, 1.54) is 0 Å². The summed E-state index contributed by atoms with van der Waals surface area (Å²) >= 11 is 0. The summed E-state index contributed by atoms with van der Waals surface area (Å²) in [5.41, 5.74) is 2.00. The molecule has 0 spiro atoms. The van der Waals surface area contributed by atoms with E-state index in [1.54, 1.807) is 18.6 Å². The number of aryl methyl sites for hydroxylation is 1. The first-order chi connectivity index (χ1) is 10.7. The number of piperidine rings is 1. The van der Waals surface area contributed by atoms with Gasteiger partial charge in [0.2, 0.25) is 5.91 Å². The van der Waals surface area contributed by atoms with Crippen LogP contribution in [-0.2, 0) is 4.79 Å². The van der Waals surface area contributed by atoms with Crippen molar-refractivity contribution in [2.24, 2.45) is 5.92 Å². The van der Waals surface area contributed by atoms with Crippen molar-refractivity contribution >= 4 is 17.4 Å². The molecule has 0 unspecified atom stereocenters. The van der Waals surface area contributed by atoms with Gasteiger partial charge in [0.25, 0.3) is 0 Å². The third-order valence-corrected chi connectivity index (χ3v) is 3.95. The van der Waals surface area contributed by atoms with Gasteiger partial charge in [0.15, 0.2) is 0 Å². The van der Waals surface area contributed by atoms with E-state index in [4.69, 9.17) is 0 Å². The van der Waals surface area contributed by atoms with Gasteiger partial charge in [-0.05, 0) is 37.5 Å². The molecule has 0 radical (unpaired) electrons. The summed E-state index contributed by atoms with van der Waals surface area (Å²) in [6.45, 7) is 3.63. The molecule has 1 aliphatic rings. The van der Waals surface area contributed by atoms with Crippen LogP contribution in [-0.4, -0.2) is 29.0 Å². The molecule has 22 heavy (non-hydrogen) atoms. The Kier molecular flexibility index (Phi) is 4.32. The van der Waals surface area contributed by atoms with E-state index in [0.29, 0.717) is 6.54 Å². The normalized spacial score (nSPS) is 18.0. The van der Waals surface area contributed by atoms with Gasteiger partial charge in [-0.25, -0.2) is 4.98 Å². The van der Waals surface area contributed by atoms with Gasteiger partial charge in [-0.3, -0.25) is 9.78 Å². The molecule has 1 atom stereocenters. The minimum absolute atomic E-state index is 0.0173. The molecule has 0 aliphatic carbocycles. The largest absolute Gasteiger partial charge is 0.355 e. The second kappa shape index (κ2) is 6.56. The number of carbonyl (C=O) groups is 1. The lowest BCUT2D eigenvalue weighted by molar-refractivity contribution is -0.120. The van der Waals surface area contributed by atoms with E-state index in [1.807, 2.05) is 31.2 Å². The van der Waals surface area contributed by atoms with Crippen LogP contribution < -0.4 is 10.2 Å². The minimum atomic E-state index is -0.0173. The van der Waals surface area contributed by atoms with Crippen molar-refractivity contribution in [3.63, 3.8) is 0 Å². The van der Waals surface area contributed by atoms with Gasteiger partial charge in [-0.1, -0.05) is 12.1 Å². The smallest absolute Gasteiger partial charge is 0.229 e. The summed E-state index contributed by atoms with van der Waals surface area (Å²) < 4.78 is 0. The number of hydrogen-bond acceptors (Lipinski definition) is 4. The molecular formula is C17H20N4O. The van der Waals surface area contributed by atoms with Gasteiger partial charge in [0.05, 0.1) is 12.1 Å². The van der Waals surface area contributed by atoms with E-state index in [9.17, 15) is 4.79 Å². The van der Waals surface area contributed by atoms with Crippen molar-refractivity contribution in [3.8, 4) is 0 Å². The summed E-state index contributed by atoms with van der Waals surface area (Å²) in [5, 5.41) is 3.02. The first-order valence-electron chi connectivity index (χ1n) is 7.61. The highest BCUT2D eigenvalue weighted by molar-refractivity contribution is 5.93. The van der Waals surface area contributed by atoms with Crippen molar-refractivity contribution in [1.29, 1.82) is 0 Å². The molecule has 1 fully saturated rings. The zero-order valence-electron chi connectivity index (χ0n) is 12.7. The molecule has 0 saturated carbocycles. The Labute approximate surface area is 130 Å². The van der Waals surface area contributed by atoms with E-state index < -0.39 is 0 Å². The molecule has 1 N–H and O–H groups in total. The second-order valence-electron chi connectivity index (χ2n) is 5.71. The quantitative estimate of drug-likeness (QED) is 0.946. The number of rotatable bonds is 3. The Morgan fingerprint density at radius 3 is 3.05 bits per heavy atom. The molecule has 2 heterocycles. The fraction of sp³-hybridized carbons (Fsp3) is 0.353. The molecule has 1 saturated heterocycles. The summed E-state index contributed by atoms with van der Waals surface area (Å²) in [6.07, 6.45) is 7.00. The van der Waals surface area contributed by atoms with Gasteiger partial charge in [-0.15, -0.1) is 0 Å². The molecule has 1 aromatic heterocycles. The van der Waals surface area contributed by atoms with Crippen LogP contribution in [0.2, 0.25) is 0 Å². The van der Waals surface area contributed by atoms with E-state index in [0.717, 1.165) is 36.5 Å². The first-order valence-corrected chi connectivity index (χ1v) is 7.61. The van der Waals surface area contributed by atoms with Crippen LogP contribution in [0.15, 0.2) is 42.9 Å². The standard InChI is InChI=1S/C17H20N4O/c1-13-4-2-6-15(10-13)20-17(22)14-5-3-9-21(12-14)16-11-18-7-8-19-16/h2,4,6-8,10-11,14H,3,5,9,12H2,1H3,(H,20,22)/t14-/m0/s1. The SMILES string of the molecule is Cc1cccc(NC(=O)[C@H]2CCCN(c3cnccn3)C2)c1. The van der Waals surface area contributed by atoms with Crippen LogP contribution in [0, 0.1) is 12.8 Å². The Balaban J connectivity index is 1.65. The lowest BCUT2D eigenvalue weighted by atomic mass is 9.97. The number of nitrogens with zero attached hydrogens (tertiary/aromatic N) is 3. The Hall–Kier alpha value is -2.43. The fourth-order valence-electron chi connectivity index (χ4n) is 2.82.